The fourth-order valence-corrected chi connectivity index (χ4v) is 3.20. The van der Waals surface area contributed by atoms with Gasteiger partial charge in [-0.25, -0.2) is 0 Å². The minimum atomic E-state index is 0.437. The molecule has 0 spiro atoms. The van der Waals surface area contributed by atoms with E-state index in [9.17, 15) is 0 Å². The van der Waals surface area contributed by atoms with Gasteiger partial charge in [0.15, 0.2) is 0 Å². The molecule has 18 heavy (non-hydrogen) atoms. The van der Waals surface area contributed by atoms with Gasteiger partial charge in [-0.2, -0.15) is 0 Å². The van der Waals surface area contributed by atoms with Crippen LogP contribution in [0.5, 0.6) is 0 Å². The minimum absolute atomic E-state index is 0.437. The first kappa shape index (κ1) is 18.0. The van der Waals surface area contributed by atoms with Crippen molar-refractivity contribution < 1.29 is 0 Å². The van der Waals surface area contributed by atoms with E-state index in [4.69, 9.17) is 0 Å². The van der Waals surface area contributed by atoms with E-state index in [1.54, 1.807) is 0 Å². The summed E-state index contributed by atoms with van der Waals surface area (Å²) in [5.41, 5.74) is 0.437. The quantitative estimate of drug-likeness (QED) is 0.503. The van der Waals surface area contributed by atoms with Crippen LogP contribution in [0, 0.1) is 40.9 Å². The molecule has 0 N–H and O–H groups in total. The Morgan fingerprint density at radius 3 is 1.50 bits per heavy atom. The monoisotopic (exact) mass is 254 g/mol. The van der Waals surface area contributed by atoms with Gasteiger partial charge in [-0.15, -0.1) is 0 Å². The van der Waals surface area contributed by atoms with Crippen LogP contribution in [0.3, 0.4) is 0 Å². The Bertz CT molecular complexity index is 224. The molecule has 110 valence electrons. The van der Waals surface area contributed by atoms with Gasteiger partial charge in [-0.3, -0.25) is 0 Å². The molecule has 4 atom stereocenters. The lowest BCUT2D eigenvalue weighted by Crippen LogP contribution is -2.36. The summed E-state index contributed by atoms with van der Waals surface area (Å²) in [6.45, 7) is 24.2. The second-order valence-corrected chi connectivity index (χ2v) is 8.10. The van der Waals surface area contributed by atoms with Crippen molar-refractivity contribution in [1.29, 1.82) is 0 Å². The van der Waals surface area contributed by atoms with Crippen molar-refractivity contribution >= 4 is 0 Å². The Morgan fingerprint density at radius 1 is 0.722 bits per heavy atom. The summed E-state index contributed by atoms with van der Waals surface area (Å²) in [7, 11) is 0. The zero-order valence-corrected chi connectivity index (χ0v) is 14.7. The third kappa shape index (κ3) is 4.59. The van der Waals surface area contributed by atoms with E-state index in [0.29, 0.717) is 5.41 Å². The third-order valence-electron chi connectivity index (χ3n) is 5.94. The maximum Gasteiger partial charge on any atom is -0.0300 e. The molecule has 0 aliphatic heterocycles. The molecule has 0 bridgehead atoms. The lowest BCUT2D eigenvalue weighted by molar-refractivity contribution is 0.0524. The van der Waals surface area contributed by atoms with Crippen molar-refractivity contribution in [1.82, 2.24) is 0 Å². The molecule has 0 amide bonds. The first-order chi connectivity index (χ1) is 8.01. The maximum atomic E-state index is 2.48. The largest absolute Gasteiger partial charge is 0.0628 e. The molecule has 0 fully saturated rings. The first-order valence-corrected chi connectivity index (χ1v) is 8.01. The SMILES string of the molecule is CC(C)CC(C)C(C)(C)C(C)C(C)C(C)C(C)C. The molecular weight excluding hydrogens is 216 g/mol. The highest BCUT2D eigenvalue weighted by atomic mass is 14.4. The van der Waals surface area contributed by atoms with Crippen LogP contribution < -0.4 is 0 Å². The normalized spacial score (nSPS) is 20.0. The van der Waals surface area contributed by atoms with Gasteiger partial charge in [0.25, 0.3) is 0 Å². The van der Waals surface area contributed by atoms with Crippen molar-refractivity contribution in [2.75, 3.05) is 0 Å². The average molecular weight is 255 g/mol. The molecule has 0 radical (unpaired) electrons. The van der Waals surface area contributed by atoms with Crippen LogP contribution in [-0.2, 0) is 0 Å². The summed E-state index contributed by atoms with van der Waals surface area (Å²) in [5.74, 6) is 4.79. The molecule has 0 saturated carbocycles. The van der Waals surface area contributed by atoms with E-state index in [1.165, 1.54) is 6.42 Å². The summed E-state index contributed by atoms with van der Waals surface area (Å²) >= 11 is 0. The molecule has 0 rings (SSSR count). The van der Waals surface area contributed by atoms with E-state index in [1.807, 2.05) is 0 Å². The van der Waals surface area contributed by atoms with Crippen LogP contribution >= 0.6 is 0 Å². The van der Waals surface area contributed by atoms with Gasteiger partial charge in [0.05, 0.1) is 0 Å². The predicted molar refractivity (Wildman–Crippen MR) is 84.7 cm³/mol. The highest BCUT2D eigenvalue weighted by Gasteiger charge is 2.37. The summed E-state index contributed by atoms with van der Waals surface area (Å²) in [5, 5.41) is 0. The Kier molecular flexibility index (Phi) is 6.96. The van der Waals surface area contributed by atoms with E-state index >= 15 is 0 Å². The van der Waals surface area contributed by atoms with Crippen molar-refractivity contribution in [2.45, 2.75) is 75.7 Å². The van der Waals surface area contributed by atoms with Gasteiger partial charge >= 0.3 is 0 Å². The molecule has 0 heteroatoms. The average Bonchev–Trinajstić information content (AvgIpc) is 2.24. The van der Waals surface area contributed by atoms with E-state index in [-0.39, 0.29) is 0 Å². The number of hydrogen-bond donors (Lipinski definition) is 0. The topological polar surface area (TPSA) is 0 Å². The summed E-state index contributed by atoms with van der Waals surface area (Å²) < 4.78 is 0. The molecule has 0 nitrogen and oxygen atoms in total. The first-order valence-electron chi connectivity index (χ1n) is 8.01. The predicted octanol–water partition coefficient (Wildman–Crippen LogP) is 6.26. The van der Waals surface area contributed by atoms with Crippen molar-refractivity contribution in [3.63, 3.8) is 0 Å². The van der Waals surface area contributed by atoms with Crippen LogP contribution in [0.25, 0.3) is 0 Å². The fourth-order valence-electron chi connectivity index (χ4n) is 3.20. The van der Waals surface area contributed by atoms with Crippen LogP contribution in [0.2, 0.25) is 0 Å². The molecule has 0 heterocycles. The standard InChI is InChI=1S/C18H38/c1-12(2)11-14(5)18(9,10)17(8)16(7)15(6)13(3)4/h12-17H,11H2,1-10H3. The van der Waals surface area contributed by atoms with E-state index < -0.39 is 0 Å². The van der Waals surface area contributed by atoms with Crippen LogP contribution in [0.15, 0.2) is 0 Å². The van der Waals surface area contributed by atoms with Crippen molar-refractivity contribution in [2.24, 2.45) is 40.9 Å². The number of rotatable bonds is 7. The smallest absolute Gasteiger partial charge is 0.0300 e. The third-order valence-corrected chi connectivity index (χ3v) is 5.94. The van der Waals surface area contributed by atoms with Crippen molar-refractivity contribution in [3.8, 4) is 0 Å². The van der Waals surface area contributed by atoms with Gasteiger partial charge < -0.3 is 0 Å². The number of hydrogen-bond acceptors (Lipinski definition) is 0. The summed E-state index contributed by atoms with van der Waals surface area (Å²) in [6, 6.07) is 0. The molecule has 4 unspecified atom stereocenters. The maximum absolute atomic E-state index is 2.48. The van der Waals surface area contributed by atoms with Gasteiger partial charge in [0.1, 0.15) is 0 Å². The lowest BCUT2D eigenvalue weighted by atomic mass is 9.62. The van der Waals surface area contributed by atoms with Gasteiger partial charge in [-0.1, -0.05) is 69.2 Å². The Hall–Kier alpha value is 0. The van der Waals surface area contributed by atoms with Gasteiger partial charge in [-0.05, 0) is 47.3 Å². The highest BCUT2D eigenvalue weighted by molar-refractivity contribution is 4.86. The van der Waals surface area contributed by atoms with Crippen LogP contribution in [0.1, 0.15) is 75.7 Å². The van der Waals surface area contributed by atoms with Crippen LogP contribution in [-0.4, -0.2) is 0 Å². The molecule has 0 aromatic heterocycles. The zero-order valence-electron chi connectivity index (χ0n) is 14.7. The van der Waals surface area contributed by atoms with Crippen LogP contribution in [0.4, 0.5) is 0 Å². The molecule has 0 aromatic rings. The van der Waals surface area contributed by atoms with Gasteiger partial charge in [0, 0.05) is 0 Å². The zero-order chi connectivity index (χ0) is 14.7. The molecule has 0 aliphatic carbocycles. The highest BCUT2D eigenvalue weighted by Crippen LogP contribution is 2.44. The fraction of sp³-hybridized carbons (Fsp3) is 1.00. The summed E-state index contributed by atoms with van der Waals surface area (Å²) in [4.78, 5) is 0. The van der Waals surface area contributed by atoms with E-state index in [0.717, 1.165) is 35.5 Å². The second-order valence-electron chi connectivity index (χ2n) is 8.10. The second kappa shape index (κ2) is 6.96. The minimum Gasteiger partial charge on any atom is -0.0628 e. The summed E-state index contributed by atoms with van der Waals surface area (Å²) in [6.07, 6.45) is 1.35. The van der Waals surface area contributed by atoms with Gasteiger partial charge in [0.2, 0.25) is 0 Å². The Morgan fingerprint density at radius 2 is 1.17 bits per heavy atom. The molecule has 0 aromatic carbocycles. The Balaban J connectivity index is 4.77. The molecule has 0 aliphatic rings. The lowest BCUT2D eigenvalue weighted by Gasteiger charge is -2.44. The Labute approximate surface area is 117 Å². The molecular formula is C18H38. The van der Waals surface area contributed by atoms with Crippen molar-refractivity contribution in [3.05, 3.63) is 0 Å². The molecule has 0 saturated heterocycles. The van der Waals surface area contributed by atoms with E-state index in [2.05, 4.69) is 69.2 Å².